The lowest BCUT2D eigenvalue weighted by Gasteiger charge is -2.21. The molecule has 0 radical (unpaired) electrons. The smallest absolute Gasteiger partial charge is 0.224 e. The van der Waals surface area contributed by atoms with Gasteiger partial charge >= 0.3 is 0 Å². The summed E-state index contributed by atoms with van der Waals surface area (Å²) in [5, 5.41) is 6.31. The first kappa shape index (κ1) is 14.1. The maximum atomic E-state index is 12.0. The minimum absolute atomic E-state index is 0.142. The number of nitrogens with one attached hydrogen (secondary N) is 2. The Morgan fingerprint density at radius 2 is 2.11 bits per heavy atom. The molecule has 1 aliphatic heterocycles. The molecule has 104 valence electrons. The Morgan fingerprint density at radius 1 is 1.37 bits per heavy atom. The quantitative estimate of drug-likeness (QED) is 0.873. The zero-order valence-electron chi connectivity index (χ0n) is 11.9. The standard InChI is InChI=1S/C16H24N2O/c1-12(2)14-7-5-13(6-8-14)10-18-16(19)15-4-3-9-17-11-15/h5-8,12,15,17H,3-4,9-11H2,1-2H3,(H,18,19)/t15-/m1/s1. The number of carbonyl (C=O) groups excluding carboxylic acids is 1. The number of carbonyl (C=O) groups is 1. The summed E-state index contributed by atoms with van der Waals surface area (Å²) in [4.78, 5) is 12.0. The molecular weight excluding hydrogens is 236 g/mol. The van der Waals surface area contributed by atoms with Gasteiger partial charge in [0.05, 0.1) is 5.92 Å². The molecule has 3 heteroatoms. The molecule has 1 saturated heterocycles. The molecule has 2 N–H and O–H groups in total. The Bertz CT molecular complexity index is 405. The SMILES string of the molecule is CC(C)c1ccc(CNC(=O)[C@@H]2CCCNC2)cc1. The summed E-state index contributed by atoms with van der Waals surface area (Å²) in [7, 11) is 0. The van der Waals surface area contributed by atoms with Crippen molar-refractivity contribution in [3.8, 4) is 0 Å². The molecule has 0 saturated carbocycles. The molecule has 3 nitrogen and oxygen atoms in total. The van der Waals surface area contributed by atoms with Crippen LogP contribution >= 0.6 is 0 Å². The minimum Gasteiger partial charge on any atom is -0.352 e. The van der Waals surface area contributed by atoms with Crippen molar-refractivity contribution < 1.29 is 4.79 Å². The van der Waals surface area contributed by atoms with Gasteiger partial charge in [-0.25, -0.2) is 0 Å². The summed E-state index contributed by atoms with van der Waals surface area (Å²) in [6, 6.07) is 8.51. The zero-order valence-corrected chi connectivity index (χ0v) is 11.9. The first-order chi connectivity index (χ1) is 9.16. The molecule has 1 aromatic rings. The molecule has 1 aromatic carbocycles. The summed E-state index contributed by atoms with van der Waals surface area (Å²) >= 11 is 0. The summed E-state index contributed by atoms with van der Waals surface area (Å²) in [6.07, 6.45) is 2.10. The maximum absolute atomic E-state index is 12.0. The van der Waals surface area contributed by atoms with Crippen molar-refractivity contribution in [2.24, 2.45) is 5.92 Å². The van der Waals surface area contributed by atoms with Crippen molar-refractivity contribution in [2.45, 2.75) is 39.2 Å². The van der Waals surface area contributed by atoms with Crippen LogP contribution in [0.2, 0.25) is 0 Å². The third kappa shape index (κ3) is 4.06. The van der Waals surface area contributed by atoms with E-state index in [1.165, 1.54) is 11.1 Å². The lowest BCUT2D eigenvalue weighted by atomic mass is 9.98. The number of rotatable bonds is 4. The highest BCUT2D eigenvalue weighted by molar-refractivity contribution is 5.78. The number of amides is 1. The summed E-state index contributed by atoms with van der Waals surface area (Å²) in [5.41, 5.74) is 2.51. The Labute approximate surface area is 115 Å². The molecule has 1 atom stereocenters. The summed E-state index contributed by atoms with van der Waals surface area (Å²) in [5.74, 6) is 0.876. The molecule has 1 heterocycles. The van der Waals surface area contributed by atoms with E-state index < -0.39 is 0 Å². The largest absolute Gasteiger partial charge is 0.352 e. The van der Waals surface area contributed by atoms with E-state index in [0.29, 0.717) is 12.5 Å². The van der Waals surface area contributed by atoms with Crippen LogP contribution < -0.4 is 10.6 Å². The molecule has 0 unspecified atom stereocenters. The monoisotopic (exact) mass is 260 g/mol. The third-order valence-corrected chi connectivity index (χ3v) is 3.78. The molecule has 1 fully saturated rings. The van der Waals surface area contributed by atoms with E-state index in [1.807, 2.05) is 0 Å². The average molecular weight is 260 g/mol. The van der Waals surface area contributed by atoms with E-state index in [0.717, 1.165) is 25.9 Å². The second-order valence-corrected chi connectivity index (χ2v) is 5.66. The lowest BCUT2D eigenvalue weighted by Crippen LogP contribution is -2.40. The van der Waals surface area contributed by atoms with Gasteiger partial charge < -0.3 is 10.6 Å². The second-order valence-electron chi connectivity index (χ2n) is 5.66. The van der Waals surface area contributed by atoms with Gasteiger partial charge in [-0.3, -0.25) is 4.79 Å². The van der Waals surface area contributed by atoms with Crippen LogP contribution in [0.25, 0.3) is 0 Å². The summed E-state index contributed by atoms with van der Waals surface area (Å²) < 4.78 is 0. The van der Waals surface area contributed by atoms with E-state index in [4.69, 9.17) is 0 Å². The van der Waals surface area contributed by atoms with Crippen LogP contribution in [0.15, 0.2) is 24.3 Å². The van der Waals surface area contributed by atoms with Crippen LogP contribution in [0.3, 0.4) is 0 Å². The van der Waals surface area contributed by atoms with Gasteiger partial charge in [0.15, 0.2) is 0 Å². The van der Waals surface area contributed by atoms with Gasteiger partial charge in [-0.2, -0.15) is 0 Å². The number of piperidine rings is 1. The van der Waals surface area contributed by atoms with Crippen molar-refractivity contribution in [3.63, 3.8) is 0 Å². The van der Waals surface area contributed by atoms with Crippen LogP contribution in [0.1, 0.15) is 43.7 Å². The van der Waals surface area contributed by atoms with Crippen molar-refractivity contribution in [1.82, 2.24) is 10.6 Å². The minimum atomic E-state index is 0.142. The molecule has 1 aliphatic rings. The lowest BCUT2D eigenvalue weighted by molar-refractivity contribution is -0.125. The first-order valence-corrected chi connectivity index (χ1v) is 7.24. The van der Waals surface area contributed by atoms with E-state index in [9.17, 15) is 4.79 Å². The van der Waals surface area contributed by atoms with Gasteiger partial charge in [0.2, 0.25) is 5.91 Å². The first-order valence-electron chi connectivity index (χ1n) is 7.24. The predicted molar refractivity (Wildman–Crippen MR) is 78.0 cm³/mol. The molecule has 0 bridgehead atoms. The normalized spacial score (nSPS) is 19.4. The summed E-state index contributed by atoms with van der Waals surface area (Å²) in [6.45, 7) is 6.87. The van der Waals surface area contributed by atoms with Crippen molar-refractivity contribution >= 4 is 5.91 Å². The molecule has 0 spiro atoms. The second kappa shape index (κ2) is 6.71. The predicted octanol–water partition coefficient (Wildman–Crippen LogP) is 2.43. The molecule has 19 heavy (non-hydrogen) atoms. The highest BCUT2D eigenvalue weighted by Gasteiger charge is 2.20. The Hall–Kier alpha value is -1.35. The zero-order chi connectivity index (χ0) is 13.7. The Balaban J connectivity index is 1.82. The molecule has 1 amide bonds. The number of hydrogen-bond donors (Lipinski definition) is 2. The van der Waals surface area contributed by atoms with E-state index >= 15 is 0 Å². The fraction of sp³-hybridized carbons (Fsp3) is 0.562. The highest BCUT2D eigenvalue weighted by atomic mass is 16.1. The molecule has 0 aromatic heterocycles. The van der Waals surface area contributed by atoms with E-state index in [2.05, 4.69) is 48.7 Å². The average Bonchev–Trinajstić information content (AvgIpc) is 2.46. The van der Waals surface area contributed by atoms with Crippen LogP contribution in [0, 0.1) is 5.92 Å². The van der Waals surface area contributed by atoms with Crippen LogP contribution in [-0.4, -0.2) is 19.0 Å². The maximum Gasteiger partial charge on any atom is 0.224 e. The molecule has 0 aliphatic carbocycles. The van der Waals surface area contributed by atoms with Gasteiger partial charge in [0.1, 0.15) is 0 Å². The fourth-order valence-corrected chi connectivity index (χ4v) is 2.43. The van der Waals surface area contributed by atoms with E-state index in [-0.39, 0.29) is 11.8 Å². The third-order valence-electron chi connectivity index (χ3n) is 3.78. The van der Waals surface area contributed by atoms with Gasteiger partial charge in [-0.05, 0) is 36.4 Å². The Morgan fingerprint density at radius 3 is 2.68 bits per heavy atom. The van der Waals surface area contributed by atoms with Crippen molar-refractivity contribution in [2.75, 3.05) is 13.1 Å². The van der Waals surface area contributed by atoms with E-state index in [1.54, 1.807) is 0 Å². The van der Waals surface area contributed by atoms with Crippen molar-refractivity contribution in [3.05, 3.63) is 35.4 Å². The van der Waals surface area contributed by atoms with Crippen LogP contribution in [0.4, 0.5) is 0 Å². The topological polar surface area (TPSA) is 41.1 Å². The molecule has 2 rings (SSSR count). The number of hydrogen-bond acceptors (Lipinski definition) is 2. The fourth-order valence-electron chi connectivity index (χ4n) is 2.43. The van der Waals surface area contributed by atoms with Gasteiger partial charge in [-0.15, -0.1) is 0 Å². The molecular formula is C16H24N2O. The van der Waals surface area contributed by atoms with Crippen molar-refractivity contribution in [1.29, 1.82) is 0 Å². The Kier molecular flexibility index (Phi) is 4.97. The van der Waals surface area contributed by atoms with Gasteiger partial charge in [-0.1, -0.05) is 38.1 Å². The highest BCUT2D eigenvalue weighted by Crippen LogP contribution is 2.15. The van der Waals surface area contributed by atoms with Gasteiger partial charge in [0, 0.05) is 13.1 Å². The van der Waals surface area contributed by atoms with Gasteiger partial charge in [0.25, 0.3) is 0 Å². The van der Waals surface area contributed by atoms with Crippen LogP contribution in [-0.2, 0) is 11.3 Å². The number of benzene rings is 1. The van der Waals surface area contributed by atoms with Crippen LogP contribution in [0.5, 0.6) is 0 Å².